The predicted molar refractivity (Wildman–Crippen MR) is 122 cm³/mol. The van der Waals surface area contributed by atoms with Gasteiger partial charge in [-0.3, -0.25) is 18.7 Å². The molecule has 0 radical (unpaired) electrons. The molecule has 0 spiro atoms. The molecule has 0 aliphatic rings. The van der Waals surface area contributed by atoms with Crippen molar-refractivity contribution in [3.05, 3.63) is 98.8 Å². The molecule has 11 heteroatoms. The number of carbonyl (C=O) groups excluding carboxylic acids is 1. The van der Waals surface area contributed by atoms with Gasteiger partial charge in [-0.15, -0.1) is 0 Å². The van der Waals surface area contributed by atoms with Crippen molar-refractivity contribution in [1.82, 2.24) is 14.1 Å². The summed E-state index contributed by atoms with van der Waals surface area (Å²) in [5.41, 5.74) is -1.24. The molecule has 4 aromatic rings. The van der Waals surface area contributed by atoms with Gasteiger partial charge in [-0.25, -0.2) is 9.78 Å². The van der Waals surface area contributed by atoms with E-state index in [-0.39, 0.29) is 23.3 Å². The van der Waals surface area contributed by atoms with Crippen molar-refractivity contribution < 1.29 is 22.7 Å². The normalized spacial score (nSPS) is 11.4. The Morgan fingerprint density at radius 1 is 1.00 bits per heavy atom. The van der Waals surface area contributed by atoms with Crippen LogP contribution in [0, 0.1) is 0 Å². The molecule has 0 fully saturated rings. The third-order valence-corrected chi connectivity index (χ3v) is 5.28. The van der Waals surface area contributed by atoms with Crippen molar-refractivity contribution >= 4 is 22.6 Å². The highest BCUT2D eigenvalue weighted by Crippen LogP contribution is 2.29. The van der Waals surface area contributed by atoms with Crippen LogP contribution < -0.4 is 21.3 Å². The fraction of sp³-hybridized carbons (Fsp3) is 0.167. The number of aromatic nitrogens is 3. The predicted octanol–water partition coefficient (Wildman–Crippen LogP) is 3.27. The minimum absolute atomic E-state index is 0.00272. The number of nitrogens with one attached hydrogen (secondary N) is 1. The quantitative estimate of drug-likeness (QED) is 0.453. The Balaban J connectivity index is 1.66. The van der Waals surface area contributed by atoms with E-state index in [1.54, 1.807) is 24.3 Å². The Morgan fingerprint density at radius 3 is 2.31 bits per heavy atom. The number of ether oxygens (including phenoxy) is 1. The van der Waals surface area contributed by atoms with E-state index in [0.717, 1.165) is 33.4 Å². The minimum Gasteiger partial charge on any atom is -0.497 e. The van der Waals surface area contributed by atoms with Crippen LogP contribution in [0.2, 0.25) is 0 Å². The maximum absolute atomic E-state index is 13.2. The van der Waals surface area contributed by atoms with Crippen molar-refractivity contribution in [3.8, 4) is 5.75 Å². The van der Waals surface area contributed by atoms with E-state index >= 15 is 0 Å². The first kappa shape index (κ1) is 23.7. The summed E-state index contributed by atoms with van der Waals surface area (Å²) in [6.45, 7) is -0.542. The molecule has 0 bridgehead atoms. The van der Waals surface area contributed by atoms with E-state index in [1.807, 2.05) is 0 Å². The van der Waals surface area contributed by atoms with Crippen molar-refractivity contribution in [2.24, 2.45) is 0 Å². The molecule has 0 saturated heterocycles. The first-order valence-corrected chi connectivity index (χ1v) is 10.4. The van der Waals surface area contributed by atoms with E-state index in [4.69, 9.17) is 4.74 Å². The van der Waals surface area contributed by atoms with Crippen LogP contribution in [0.4, 0.5) is 18.9 Å². The second-order valence-electron chi connectivity index (χ2n) is 7.60. The molecule has 180 valence electrons. The number of pyridine rings is 1. The van der Waals surface area contributed by atoms with Crippen LogP contribution in [0.1, 0.15) is 11.1 Å². The van der Waals surface area contributed by atoms with Crippen LogP contribution in [0.25, 0.3) is 11.0 Å². The molecule has 0 aliphatic carbocycles. The van der Waals surface area contributed by atoms with Crippen molar-refractivity contribution in [1.29, 1.82) is 0 Å². The monoisotopic (exact) mass is 484 g/mol. The third kappa shape index (κ3) is 5.08. The number of methoxy groups -OCH3 is 1. The third-order valence-electron chi connectivity index (χ3n) is 5.28. The summed E-state index contributed by atoms with van der Waals surface area (Å²) in [4.78, 5) is 43.0. The lowest BCUT2D eigenvalue weighted by Gasteiger charge is -2.14. The Kier molecular flexibility index (Phi) is 6.41. The van der Waals surface area contributed by atoms with Gasteiger partial charge >= 0.3 is 11.9 Å². The van der Waals surface area contributed by atoms with E-state index in [1.165, 1.54) is 25.4 Å². The van der Waals surface area contributed by atoms with Crippen molar-refractivity contribution in [3.63, 3.8) is 0 Å². The van der Waals surface area contributed by atoms with E-state index < -0.39 is 35.4 Å². The van der Waals surface area contributed by atoms with Gasteiger partial charge in [-0.1, -0.05) is 12.1 Å². The molecule has 0 atom stereocenters. The number of alkyl halides is 3. The van der Waals surface area contributed by atoms with Gasteiger partial charge in [0.2, 0.25) is 5.91 Å². The molecule has 4 rings (SSSR count). The smallest absolute Gasteiger partial charge is 0.416 e. The van der Waals surface area contributed by atoms with Crippen molar-refractivity contribution in [2.75, 3.05) is 12.4 Å². The molecule has 2 heterocycles. The Morgan fingerprint density at radius 2 is 1.69 bits per heavy atom. The van der Waals surface area contributed by atoms with E-state index in [9.17, 15) is 27.6 Å². The van der Waals surface area contributed by atoms with Crippen LogP contribution in [0.15, 0.2) is 76.4 Å². The number of nitrogens with zero attached hydrogens (tertiary/aromatic N) is 3. The van der Waals surface area contributed by atoms with Gasteiger partial charge in [0.05, 0.1) is 24.7 Å². The first-order valence-electron chi connectivity index (χ1n) is 10.4. The zero-order valence-corrected chi connectivity index (χ0v) is 18.4. The second-order valence-corrected chi connectivity index (χ2v) is 7.60. The van der Waals surface area contributed by atoms with Crippen LogP contribution in [-0.4, -0.2) is 27.1 Å². The number of halogens is 3. The number of hydrogen-bond donors (Lipinski definition) is 1. The van der Waals surface area contributed by atoms with Gasteiger partial charge in [-0.2, -0.15) is 13.2 Å². The minimum atomic E-state index is -4.50. The molecule has 0 aliphatic heterocycles. The zero-order chi connectivity index (χ0) is 25.2. The standard InChI is InChI=1S/C24H19F3N4O4/c1-35-18-10-4-15(5-11-18)13-31-22(33)21-19(3-2-12-28-21)30(23(31)34)14-20(32)29-17-8-6-16(7-9-17)24(25,26)27/h2-12H,13-14H2,1H3,(H,29,32). The highest BCUT2D eigenvalue weighted by Gasteiger charge is 2.30. The molecular weight excluding hydrogens is 465 g/mol. The van der Waals surface area contributed by atoms with Gasteiger partial charge in [0.25, 0.3) is 5.56 Å². The van der Waals surface area contributed by atoms with Crippen LogP contribution in [0.3, 0.4) is 0 Å². The zero-order valence-electron chi connectivity index (χ0n) is 18.4. The molecule has 8 nitrogen and oxygen atoms in total. The Bertz CT molecular complexity index is 1490. The Labute approximate surface area is 196 Å². The highest BCUT2D eigenvalue weighted by molar-refractivity contribution is 5.91. The van der Waals surface area contributed by atoms with E-state index in [2.05, 4.69) is 10.3 Å². The molecule has 2 aromatic carbocycles. The topological polar surface area (TPSA) is 95.2 Å². The maximum atomic E-state index is 13.2. The van der Waals surface area contributed by atoms with Crippen LogP contribution in [-0.2, 0) is 24.1 Å². The number of carbonyl (C=O) groups is 1. The Hall–Kier alpha value is -4.41. The molecule has 1 amide bonds. The van der Waals surface area contributed by atoms with Gasteiger partial charge < -0.3 is 10.1 Å². The lowest BCUT2D eigenvalue weighted by molar-refractivity contribution is -0.137. The second kappa shape index (κ2) is 9.45. The number of hydrogen-bond acceptors (Lipinski definition) is 5. The molecule has 2 aromatic heterocycles. The van der Waals surface area contributed by atoms with Gasteiger partial charge in [0.1, 0.15) is 12.3 Å². The summed E-state index contributed by atoms with van der Waals surface area (Å²) < 4.78 is 45.5. The number of amides is 1. The lowest BCUT2D eigenvalue weighted by atomic mass is 10.2. The molecule has 0 saturated carbocycles. The summed E-state index contributed by atoms with van der Waals surface area (Å²) in [6.07, 6.45) is -3.10. The maximum Gasteiger partial charge on any atom is 0.416 e. The largest absolute Gasteiger partial charge is 0.497 e. The fourth-order valence-electron chi connectivity index (χ4n) is 3.54. The molecule has 35 heavy (non-hydrogen) atoms. The highest BCUT2D eigenvalue weighted by atomic mass is 19.4. The SMILES string of the molecule is COc1ccc(Cn2c(=O)c3ncccc3n(CC(=O)Nc3ccc(C(F)(F)F)cc3)c2=O)cc1. The molecule has 0 unspecified atom stereocenters. The van der Waals surface area contributed by atoms with E-state index in [0.29, 0.717) is 11.3 Å². The summed E-state index contributed by atoms with van der Waals surface area (Å²) in [7, 11) is 1.52. The summed E-state index contributed by atoms with van der Waals surface area (Å²) >= 11 is 0. The van der Waals surface area contributed by atoms with Crippen LogP contribution >= 0.6 is 0 Å². The number of fused-ring (bicyclic) bond motifs is 1. The summed E-state index contributed by atoms with van der Waals surface area (Å²) in [5.74, 6) is -0.0507. The van der Waals surface area contributed by atoms with Gasteiger partial charge in [0, 0.05) is 11.9 Å². The van der Waals surface area contributed by atoms with Gasteiger partial charge in [-0.05, 0) is 54.1 Å². The molecule has 1 N–H and O–H groups in total. The average Bonchev–Trinajstić information content (AvgIpc) is 2.84. The van der Waals surface area contributed by atoms with Gasteiger partial charge in [0.15, 0.2) is 5.52 Å². The lowest BCUT2D eigenvalue weighted by Crippen LogP contribution is -2.42. The number of anilines is 1. The number of benzene rings is 2. The fourth-order valence-corrected chi connectivity index (χ4v) is 3.54. The molecular formula is C24H19F3N4O4. The first-order chi connectivity index (χ1) is 16.7. The summed E-state index contributed by atoms with van der Waals surface area (Å²) in [5, 5.41) is 2.47. The van der Waals surface area contributed by atoms with Crippen molar-refractivity contribution in [2.45, 2.75) is 19.3 Å². The summed E-state index contributed by atoms with van der Waals surface area (Å²) in [6, 6.07) is 13.7. The number of rotatable bonds is 6. The van der Waals surface area contributed by atoms with Crippen LogP contribution in [0.5, 0.6) is 5.75 Å². The average molecular weight is 484 g/mol.